The Labute approximate surface area is 238 Å². The van der Waals surface area contributed by atoms with Gasteiger partial charge >= 0.3 is 11.9 Å². The third-order valence-electron chi connectivity index (χ3n) is 6.26. The Hall–Kier alpha value is -4.21. The molecule has 0 aliphatic carbocycles. The van der Waals surface area contributed by atoms with E-state index >= 15 is 0 Å². The van der Waals surface area contributed by atoms with Crippen LogP contribution in [0.15, 0.2) is 86.1 Å². The van der Waals surface area contributed by atoms with Crippen LogP contribution in [-0.2, 0) is 14.3 Å². The number of thiazole rings is 1. The van der Waals surface area contributed by atoms with Crippen LogP contribution in [0.5, 0.6) is 0 Å². The number of hydrogen-bond acceptors (Lipinski definition) is 8. The molecule has 0 amide bonds. The van der Waals surface area contributed by atoms with Crippen LogP contribution in [0.3, 0.4) is 0 Å². The first kappa shape index (κ1) is 27.4. The van der Waals surface area contributed by atoms with E-state index in [2.05, 4.69) is 4.99 Å². The van der Waals surface area contributed by atoms with Gasteiger partial charge in [0.25, 0.3) is 5.56 Å². The van der Waals surface area contributed by atoms with Crippen molar-refractivity contribution in [2.75, 3.05) is 7.11 Å². The molecule has 0 saturated heterocycles. The Morgan fingerprint density at radius 2 is 1.75 bits per heavy atom. The second-order valence-corrected chi connectivity index (χ2v) is 10.8. The van der Waals surface area contributed by atoms with E-state index in [-0.39, 0.29) is 11.7 Å². The quantitative estimate of drug-likeness (QED) is 0.303. The molecule has 1 atom stereocenters. The van der Waals surface area contributed by atoms with Gasteiger partial charge in [-0.25, -0.2) is 14.6 Å². The molecular formula is C30H25ClN2O6S. The SMILES string of the molecule is COC(=O)c1ccc(-c2ccc(/C=c3\sc4n(c3=O)C(c3ccc(Cl)cc3)C(C(=O)OC(C)C)=C(C)N=4)o2)cc1. The van der Waals surface area contributed by atoms with E-state index < -0.39 is 18.0 Å². The molecule has 2 aromatic carbocycles. The van der Waals surface area contributed by atoms with E-state index in [1.807, 2.05) is 0 Å². The molecule has 5 rings (SSSR count). The lowest BCUT2D eigenvalue weighted by molar-refractivity contribution is -0.143. The van der Waals surface area contributed by atoms with Gasteiger partial charge in [-0.2, -0.15) is 0 Å². The zero-order valence-electron chi connectivity index (χ0n) is 22.1. The fourth-order valence-electron chi connectivity index (χ4n) is 4.42. The second kappa shape index (κ2) is 11.1. The molecule has 4 aromatic rings. The Kier molecular flexibility index (Phi) is 7.60. The predicted molar refractivity (Wildman–Crippen MR) is 152 cm³/mol. The topological polar surface area (TPSA) is 100 Å². The van der Waals surface area contributed by atoms with E-state index in [0.29, 0.717) is 48.3 Å². The lowest BCUT2D eigenvalue weighted by atomic mass is 9.96. The monoisotopic (exact) mass is 576 g/mol. The first-order valence-corrected chi connectivity index (χ1v) is 13.6. The average molecular weight is 577 g/mol. The standard InChI is InChI=1S/C30H25ClN2O6S/c1-16(2)38-29(36)25-17(3)32-30-33(26(25)19-9-11-21(31)12-10-19)27(34)24(40-30)15-22-13-14-23(39-22)18-5-7-20(8-6-18)28(35)37-4/h5-16,26H,1-4H3/b24-15-. The van der Waals surface area contributed by atoms with E-state index in [4.69, 9.17) is 25.5 Å². The highest BCUT2D eigenvalue weighted by Crippen LogP contribution is 2.31. The molecule has 40 heavy (non-hydrogen) atoms. The van der Waals surface area contributed by atoms with Gasteiger partial charge in [-0.3, -0.25) is 9.36 Å². The molecule has 8 nitrogen and oxygen atoms in total. The number of carbonyl (C=O) groups excluding carboxylic acids is 2. The van der Waals surface area contributed by atoms with Crippen LogP contribution in [0.2, 0.25) is 5.02 Å². The molecule has 0 N–H and O–H groups in total. The number of methoxy groups -OCH3 is 1. The molecule has 0 radical (unpaired) electrons. The lowest BCUT2D eigenvalue weighted by Crippen LogP contribution is -2.40. The second-order valence-electron chi connectivity index (χ2n) is 9.36. The first-order valence-electron chi connectivity index (χ1n) is 12.4. The van der Waals surface area contributed by atoms with E-state index in [0.717, 1.165) is 5.56 Å². The summed E-state index contributed by atoms with van der Waals surface area (Å²) in [5.74, 6) is 0.0914. The summed E-state index contributed by atoms with van der Waals surface area (Å²) in [5.41, 5.74) is 2.37. The zero-order chi connectivity index (χ0) is 28.6. The van der Waals surface area contributed by atoms with Gasteiger partial charge in [0.2, 0.25) is 0 Å². The summed E-state index contributed by atoms with van der Waals surface area (Å²) in [4.78, 5) is 43.7. The van der Waals surface area contributed by atoms with Crippen molar-refractivity contribution >= 4 is 41.0 Å². The van der Waals surface area contributed by atoms with Gasteiger partial charge in [0, 0.05) is 16.7 Å². The van der Waals surface area contributed by atoms with Crippen LogP contribution in [0, 0.1) is 0 Å². The summed E-state index contributed by atoms with van der Waals surface area (Å²) < 4.78 is 18.2. The molecule has 0 spiro atoms. The fourth-order valence-corrected chi connectivity index (χ4v) is 5.58. The third-order valence-corrected chi connectivity index (χ3v) is 7.50. The fraction of sp³-hybridized carbons (Fsp3) is 0.200. The van der Waals surface area contributed by atoms with Crippen LogP contribution < -0.4 is 14.9 Å². The maximum Gasteiger partial charge on any atom is 0.338 e. The van der Waals surface area contributed by atoms with Gasteiger partial charge < -0.3 is 13.9 Å². The van der Waals surface area contributed by atoms with Gasteiger partial charge in [0.15, 0.2) is 4.80 Å². The zero-order valence-corrected chi connectivity index (χ0v) is 23.7. The van der Waals surface area contributed by atoms with Crippen molar-refractivity contribution in [3.63, 3.8) is 0 Å². The van der Waals surface area contributed by atoms with Gasteiger partial charge in [-0.05, 0) is 62.7 Å². The Morgan fingerprint density at radius 1 is 1.05 bits per heavy atom. The van der Waals surface area contributed by atoms with Crippen molar-refractivity contribution < 1.29 is 23.5 Å². The number of esters is 2. The van der Waals surface area contributed by atoms with Gasteiger partial charge in [0.1, 0.15) is 11.5 Å². The number of nitrogens with zero attached hydrogens (tertiary/aromatic N) is 2. The molecule has 1 aliphatic heterocycles. The van der Waals surface area contributed by atoms with Crippen molar-refractivity contribution in [1.29, 1.82) is 0 Å². The molecule has 0 saturated carbocycles. The van der Waals surface area contributed by atoms with Crippen LogP contribution >= 0.6 is 22.9 Å². The van der Waals surface area contributed by atoms with Gasteiger partial charge in [-0.15, -0.1) is 0 Å². The highest BCUT2D eigenvalue weighted by atomic mass is 35.5. The molecule has 0 fully saturated rings. The summed E-state index contributed by atoms with van der Waals surface area (Å²) in [6, 6.07) is 16.7. The summed E-state index contributed by atoms with van der Waals surface area (Å²) in [6.45, 7) is 5.28. The van der Waals surface area contributed by atoms with Crippen LogP contribution in [-0.4, -0.2) is 29.7 Å². The number of allylic oxidation sites excluding steroid dienone is 1. The van der Waals surface area contributed by atoms with E-state index in [1.54, 1.807) is 87.5 Å². The highest BCUT2D eigenvalue weighted by Gasteiger charge is 2.33. The molecule has 0 bridgehead atoms. The largest absolute Gasteiger partial charge is 0.465 e. The minimum Gasteiger partial charge on any atom is -0.465 e. The number of halogens is 1. The predicted octanol–water partition coefficient (Wildman–Crippen LogP) is 4.89. The Balaban J connectivity index is 1.57. The maximum atomic E-state index is 13.8. The molecule has 1 unspecified atom stereocenters. The van der Waals surface area contributed by atoms with Crippen LogP contribution in [0.4, 0.5) is 0 Å². The summed E-state index contributed by atoms with van der Waals surface area (Å²) in [6.07, 6.45) is 1.31. The number of ether oxygens (including phenoxy) is 2. The van der Waals surface area contributed by atoms with Gasteiger partial charge in [0.05, 0.1) is 40.6 Å². The smallest absolute Gasteiger partial charge is 0.338 e. The third kappa shape index (κ3) is 5.30. The first-order chi connectivity index (χ1) is 19.2. The minimum atomic E-state index is -0.734. The minimum absolute atomic E-state index is 0.297. The average Bonchev–Trinajstić information content (AvgIpc) is 3.52. The van der Waals surface area contributed by atoms with Crippen molar-refractivity contribution in [2.45, 2.75) is 32.9 Å². The maximum absolute atomic E-state index is 13.8. The summed E-state index contributed by atoms with van der Waals surface area (Å²) >= 11 is 7.33. The van der Waals surface area contributed by atoms with E-state index in [9.17, 15) is 14.4 Å². The number of carbonyl (C=O) groups is 2. The summed E-state index contributed by atoms with van der Waals surface area (Å²) in [7, 11) is 1.33. The van der Waals surface area contributed by atoms with Crippen molar-refractivity contribution in [2.24, 2.45) is 4.99 Å². The van der Waals surface area contributed by atoms with Gasteiger partial charge in [-0.1, -0.05) is 47.2 Å². The number of hydrogen-bond donors (Lipinski definition) is 0. The number of fused-ring (bicyclic) bond motifs is 1. The molecular weight excluding hydrogens is 552 g/mol. The van der Waals surface area contributed by atoms with Crippen molar-refractivity contribution in [1.82, 2.24) is 4.57 Å². The van der Waals surface area contributed by atoms with Crippen molar-refractivity contribution in [3.8, 4) is 11.3 Å². The number of aromatic nitrogens is 1. The van der Waals surface area contributed by atoms with Crippen LogP contribution in [0.25, 0.3) is 17.4 Å². The number of furan rings is 1. The summed E-state index contributed by atoms with van der Waals surface area (Å²) in [5, 5.41) is 0.539. The van der Waals surface area contributed by atoms with Crippen molar-refractivity contribution in [3.05, 3.63) is 114 Å². The molecule has 2 aromatic heterocycles. The highest BCUT2D eigenvalue weighted by molar-refractivity contribution is 7.07. The normalized spacial score (nSPS) is 15.2. The number of benzene rings is 2. The molecule has 3 heterocycles. The van der Waals surface area contributed by atoms with E-state index in [1.165, 1.54) is 23.0 Å². The molecule has 10 heteroatoms. The Bertz CT molecular complexity index is 1810. The molecule has 1 aliphatic rings. The number of rotatable bonds is 6. The molecule has 204 valence electrons. The Morgan fingerprint density at radius 3 is 2.40 bits per heavy atom. The van der Waals surface area contributed by atoms with Crippen LogP contribution in [0.1, 0.15) is 48.5 Å². The lowest BCUT2D eigenvalue weighted by Gasteiger charge is -2.25.